The molecule has 1 aliphatic heterocycles. The van der Waals surface area contributed by atoms with Crippen molar-refractivity contribution in [2.75, 3.05) is 20.2 Å². The van der Waals surface area contributed by atoms with Crippen LogP contribution in [-0.2, 0) is 9.53 Å². The number of carbonyl (C=O) groups excluding carboxylic acids is 1. The second-order valence-corrected chi connectivity index (χ2v) is 6.69. The van der Waals surface area contributed by atoms with E-state index < -0.39 is 0 Å². The van der Waals surface area contributed by atoms with Gasteiger partial charge >= 0.3 is 0 Å². The Balaban J connectivity index is 1.82. The van der Waals surface area contributed by atoms with Gasteiger partial charge in [0.25, 0.3) is 0 Å². The summed E-state index contributed by atoms with van der Waals surface area (Å²) in [6, 6.07) is 12.2. The van der Waals surface area contributed by atoms with Crippen LogP contribution in [0.2, 0.25) is 0 Å². The molecule has 0 N–H and O–H groups in total. The van der Waals surface area contributed by atoms with Crippen molar-refractivity contribution < 1.29 is 14.3 Å². The molecule has 24 heavy (non-hydrogen) atoms. The fraction of sp³-hybridized carbons (Fsp3) is 0.450. The third kappa shape index (κ3) is 3.39. The molecule has 4 heteroatoms. The minimum Gasteiger partial charge on any atom is -0.497 e. The van der Waals surface area contributed by atoms with Gasteiger partial charge in [-0.25, -0.2) is 0 Å². The van der Waals surface area contributed by atoms with Crippen LogP contribution in [0.25, 0.3) is 10.8 Å². The SMILES string of the molecule is COc1ccc2cc([C@H](C)C(=O)N3C[C@@H](C)O[C@H](C)C3)ccc2c1. The number of morpholine rings is 1. The van der Waals surface area contributed by atoms with Crippen molar-refractivity contribution in [1.29, 1.82) is 0 Å². The van der Waals surface area contributed by atoms with E-state index in [1.807, 2.05) is 49.9 Å². The summed E-state index contributed by atoms with van der Waals surface area (Å²) in [6.07, 6.45) is 0.183. The molecule has 1 saturated heterocycles. The topological polar surface area (TPSA) is 38.8 Å². The highest BCUT2D eigenvalue weighted by Gasteiger charge is 2.29. The van der Waals surface area contributed by atoms with E-state index in [-0.39, 0.29) is 24.0 Å². The Hall–Kier alpha value is -2.07. The number of rotatable bonds is 3. The van der Waals surface area contributed by atoms with Crippen LogP contribution in [0.5, 0.6) is 5.75 Å². The summed E-state index contributed by atoms with van der Waals surface area (Å²) in [6.45, 7) is 7.35. The van der Waals surface area contributed by atoms with Gasteiger partial charge in [-0.3, -0.25) is 4.79 Å². The minimum atomic E-state index is -0.158. The Kier molecular flexibility index (Phi) is 4.76. The van der Waals surface area contributed by atoms with Crippen LogP contribution < -0.4 is 4.74 Å². The molecule has 3 rings (SSSR count). The molecule has 0 unspecified atom stereocenters. The quantitative estimate of drug-likeness (QED) is 0.865. The Bertz CT molecular complexity index is 733. The number of nitrogens with zero attached hydrogens (tertiary/aromatic N) is 1. The van der Waals surface area contributed by atoms with Gasteiger partial charge in [0.2, 0.25) is 5.91 Å². The highest BCUT2D eigenvalue weighted by molar-refractivity contribution is 5.88. The third-order valence-corrected chi connectivity index (χ3v) is 4.67. The zero-order chi connectivity index (χ0) is 17.3. The lowest BCUT2D eigenvalue weighted by Gasteiger charge is -2.36. The van der Waals surface area contributed by atoms with E-state index in [2.05, 4.69) is 12.1 Å². The zero-order valence-electron chi connectivity index (χ0n) is 14.8. The maximum absolute atomic E-state index is 12.9. The van der Waals surface area contributed by atoms with Crippen LogP contribution >= 0.6 is 0 Å². The molecule has 128 valence electrons. The number of carbonyl (C=O) groups is 1. The van der Waals surface area contributed by atoms with Crippen LogP contribution in [0.1, 0.15) is 32.3 Å². The van der Waals surface area contributed by atoms with Crippen LogP contribution in [0.4, 0.5) is 0 Å². The van der Waals surface area contributed by atoms with Crippen molar-refractivity contribution in [3.05, 3.63) is 42.0 Å². The molecular formula is C20H25NO3. The molecule has 0 aromatic heterocycles. The largest absolute Gasteiger partial charge is 0.497 e. The molecule has 0 bridgehead atoms. The first-order valence-electron chi connectivity index (χ1n) is 8.50. The van der Waals surface area contributed by atoms with Crippen LogP contribution in [0.3, 0.4) is 0 Å². The monoisotopic (exact) mass is 327 g/mol. The highest BCUT2D eigenvalue weighted by Crippen LogP contribution is 2.27. The second-order valence-electron chi connectivity index (χ2n) is 6.69. The summed E-state index contributed by atoms with van der Waals surface area (Å²) in [7, 11) is 1.67. The summed E-state index contributed by atoms with van der Waals surface area (Å²) in [4.78, 5) is 14.8. The number of benzene rings is 2. The van der Waals surface area contributed by atoms with E-state index in [4.69, 9.17) is 9.47 Å². The lowest BCUT2D eigenvalue weighted by Crippen LogP contribution is -2.49. The van der Waals surface area contributed by atoms with E-state index in [0.717, 1.165) is 22.1 Å². The fourth-order valence-electron chi connectivity index (χ4n) is 3.41. The lowest BCUT2D eigenvalue weighted by atomic mass is 9.96. The molecule has 1 fully saturated rings. The van der Waals surface area contributed by atoms with Crippen molar-refractivity contribution in [3.8, 4) is 5.75 Å². The third-order valence-electron chi connectivity index (χ3n) is 4.67. The molecule has 0 saturated carbocycles. The molecule has 3 atom stereocenters. The van der Waals surface area contributed by atoms with Crippen LogP contribution in [-0.4, -0.2) is 43.2 Å². The molecule has 4 nitrogen and oxygen atoms in total. The van der Waals surface area contributed by atoms with Gasteiger partial charge in [0.05, 0.1) is 25.2 Å². The van der Waals surface area contributed by atoms with Crippen LogP contribution in [0, 0.1) is 0 Å². The van der Waals surface area contributed by atoms with Crippen LogP contribution in [0.15, 0.2) is 36.4 Å². The Morgan fingerprint density at radius 2 is 1.75 bits per heavy atom. The number of hydrogen-bond donors (Lipinski definition) is 0. The van der Waals surface area contributed by atoms with Gasteiger partial charge in [-0.1, -0.05) is 24.3 Å². The summed E-state index contributed by atoms with van der Waals surface area (Å²) in [5.41, 5.74) is 1.05. The number of ether oxygens (including phenoxy) is 2. The highest BCUT2D eigenvalue weighted by atomic mass is 16.5. The van der Waals surface area contributed by atoms with E-state index in [0.29, 0.717) is 13.1 Å². The molecule has 0 spiro atoms. The molecule has 1 heterocycles. The average Bonchev–Trinajstić information content (AvgIpc) is 2.58. The molecule has 0 aliphatic carbocycles. The second kappa shape index (κ2) is 6.81. The average molecular weight is 327 g/mol. The standard InChI is InChI=1S/C20H25NO3/c1-13-11-21(12-14(2)24-13)20(22)15(3)16-5-6-18-10-19(23-4)8-7-17(18)9-16/h5-10,13-15H,11-12H2,1-4H3/t13-,14-,15+/m1/s1. The van der Waals surface area contributed by atoms with Gasteiger partial charge in [-0.15, -0.1) is 0 Å². The van der Waals surface area contributed by atoms with Gasteiger partial charge in [0.1, 0.15) is 5.75 Å². The van der Waals surface area contributed by atoms with Gasteiger partial charge in [-0.05, 0) is 49.2 Å². The maximum atomic E-state index is 12.9. The maximum Gasteiger partial charge on any atom is 0.230 e. The van der Waals surface area contributed by atoms with Gasteiger partial charge in [0, 0.05) is 13.1 Å². The summed E-state index contributed by atoms with van der Waals surface area (Å²) in [5, 5.41) is 2.24. The number of methoxy groups -OCH3 is 1. The Labute approximate surface area is 143 Å². The summed E-state index contributed by atoms with van der Waals surface area (Å²) >= 11 is 0. The fourth-order valence-corrected chi connectivity index (χ4v) is 3.41. The molecule has 0 radical (unpaired) electrons. The number of hydrogen-bond acceptors (Lipinski definition) is 3. The summed E-state index contributed by atoms with van der Waals surface area (Å²) < 4.78 is 11.0. The summed E-state index contributed by atoms with van der Waals surface area (Å²) in [5.74, 6) is 0.856. The number of amides is 1. The zero-order valence-corrected chi connectivity index (χ0v) is 14.8. The van der Waals surface area contributed by atoms with Crippen molar-refractivity contribution in [3.63, 3.8) is 0 Å². The first kappa shape index (κ1) is 16.8. The minimum absolute atomic E-state index is 0.0916. The normalized spacial score (nSPS) is 22.4. The molecule has 1 aliphatic rings. The van der Waals surface area contributed by atoms with E-state index >= 15 is 0 Å². The first-order valence-corrected chi connectivity index (χ1v) is 8.50. The van der Waals surface area contributed by atoms with E-state index in [9.17, 15) is 4.79 Å². The number of fused-ring (bicyclic) bond motifs is 1. The van der Waals surface area contributed by atoms with E-state index in [1.165, 1.54) is 0 Å². The molecule has 2 aromatic rings. The Morgan fingerprint density at radius 1 is 1.12 bits per heavy atom. The lowest BCUT2D eigenvalue weighted by molar-refractivity contribution is -0.144. The first-order chi connectivity index (χ1) is 11.5. The van der Waals surface area contributed by atoms with Gasteiger partial charge in [0.15, 0.2) is 0 Å². The smallest absolute Gasteiger partial charge is 0.230 e. The predicted octanol–water partition coefficient (Wildman–Crippen LogP) is 3.59. The predicted molar refractivity (Wildman–Crippen MR) is 95.5 cm³/mol. The van der Waals surface area contributed by atoms with Gasteiger partial charge < -0.3 is 14.4 Å². The van der Waals surface area contributed by atoms with Crippen molar-refractivity contribution in [2.24, 2.45) is 0 Å². The van der Waals surface area contributed by atoms with Crippen molar-refractivity contribution in [1.82, 2.24) is 4.90 Å². The van der Waals surface area contributed by atoms with Gasteiger partial charge in [-0.2, -0.15) is 0 Å². The van der Waals surface area contributed by atoms with Crippen molar-refractivity contribution >= 4 is 16.7 Å². The molecule has 1 amide bonds. The van der Waals surface area contributed by atoms with Crippen molar-refractivity contribution in [2.45, 2.75) is 38.9 Å². The Morgan fingerprint density at radius 3 is 2.42 bits per heavy atom. The molecule has 2 aromatic carbocycles. The molecular weight excluding hydrogens is 302 g/mol. The van der Waals surface area contributed by atoms with E-state index in [1.54, 1.807) is 7.11 Å².